The summed E-state index contributed by atoms with van der Waals surface area (Å²) >= 11 is 3.34. The standard InChI is InChI=1S/C17H16BrF3N2O/c1-16(2)9-14(24)22-23(16)15(17(19,20)21)11-4-3-10-5-6-13(18)8-12(10)7-11/h3-8,15H,9H2,1-2H3,(H,22,24)/t15-/m0/s1. The van der Waals surface area contributed by atoms with Crippen LogP contribution in [0, 0.1) is 0 Å². The van der Waals surface area contributed by atoms with Crippen molar-refractivity contribution in [1.29, 1.82) is 0 Å². The van der Waals surface area contributed by atoms with Gasteiger partial charge in [0.1, 0.15) is 0 Å². The monoisotopic (exact) mass is 400 g/mol. The van der Waals surface area contributed by atoms with E-state index in [1.807, 2.05) is 12.1 Å². The van der Waals surface area contributed by atoms with E-state index >= 15 is 0 Å². The number of alkyl halides is 3. The molecule has 1 aliphatic heterocycles. The number of carbonyl (C=O) groups is 1. The maximum Gasteiger partial charge on any atom is 0.409 e. The number of hydrogen-bond donors (Lipinski definition) is 1. The number of benzene rings is 2. The topological polar surface area (TPSA) is 32.3 Å². The highest BCUT2D eigenvalue weighted by Crippen LogP contribution is 2.43. The molecule has 1 fully saturated rings. The van der Waals surface area contributed by atoms with E-state index < -0.39 is 23.7 Å². The van der Waals surface area contributed by atoms with Crippen LogP contribution in [0.25, 0.3) is 10.8 Å². The number of nitrogens with zero attached hydrogens (tertiary/aromatic N) is 1. The molecule has 2 aromatic rings. The van der Waals surface area contributed by atoms with Gasteiger partial charge in [-0.15, -0.1) is 0 Å². The van der Waals surface area contributed by atoms with Crippen LogP contribution in [0.1, 0.15) is 31.9 Å². The fraction of sp³-hybridized carbons (Fsp3) is 0.353. The van der Waals surface area contributed by atoms with E-state index in [1.54, 1.807) is 26.0 Å². The molecular weight excluding hydrogens is 385 g/mol. The molecule has 128 valence electrons. The largest absolute Gasteiger partial charge is 0.409 e. The number of hydrogen-bond acceptors (Lipinski definition) is 2. The fourth-order valence-electron chi connectivity index (χ4n) is 3.11. The summed E-state index contributed by atoms with van der Waals surface area (Å²) < 4.78 is 42.2. The van der Waals surface area contributed by atoms with Crippen LogP contribution in [0.5, 0.6) is 0 Å². The smallest absolute Gasteiger partial charge is 0.287 e. The minimum atomic E-state index is -4.52. The molecule has 0 radical (unpaired) electrons. The molecule has 0 unspecified atom stereocenters. The Balaban J connectivity index is 2.12. The van der Waals surface area contributed by atoms with Gasteiger partial charge in [0, 0.05) is 16.4 Å². The lowest BCUT2D eigenvalue weighted by molar-refractivity contribution is -0.203. The third-order valence-corrected chi connectivity index (χ3v) is 4.69. The van der Waals surface area contributed by atoms with Crippen LogP contribution < -0.4 is 5.43 Å². The first kappa shape index (κ1) is 17.2. The number of carbonyl (C=O) groups excluding carboxylic acids is 1. The second-order valence-electron chi connectivity index (χ2n) is 6.59. The Labute approximate surface area is 145 Å². The summed E-state index contributed by atoms with van der Waals surface area (Å²) in [7, 11) is 0. The van der Waals surface area contributed by atoms with E-state index in [9.17, 15) is 18.0 Å². The molecule has 1 amide bonds. The van der Waals surface area contributed by atoms with Gasteiger partial charge in [-0.1, -0.05) is 34.1 Å². The van der Waals surface area contributed by atoms with Gasteiger partial charge >= 0.3 is 6.18 Å². The molecule has 0 spiro atoms. The zero-order valence-electron chi connectivity index (χ0n) is 13.1. The van der Waals surface area contributed by atoms with E-state index in [4.69, 9.17) is 0 Å². The Morgan fingerprint density at radius 3 is 2.42 bits per heavy atom. The van der Waals surface area contributed by atoms with Crippen LogP contribution in [-0.2, 0) is 4.79 Å². The lowest BCUT2D eigenvalue weighted by atomic mass is 9.95. The van der Waals surface area contributed by atoms with Crippen molar-refractivity contribution in [3.8, 4) is 0 Å². The van der Waals surface area contributed by atoms with E-state index in [-0.39, 0.29) is 12.0 Å². The second-order valence-corrected chi connectivity index (χ2v) is 7.50. The molecule has 1 heterocycles. The highest BCUT2D eigenvalue weighted by molar-refractivity contribution is 9.10. The van der Waals surface area contributed by atoms with Gasteiger partial charge in [0.15, 0.2) is 6.04 Å². The molecule has 0 bridgehead atoms. The van der Waals surface area contributed by atoms with Gasteiger partial charge in [-0.2, -0.15) is 18.2 Å². The summed E-state index contributed by atoms with van der Waals surface area (Å²) in [5, 5.41) is 2.58. The Morgan fingerprint density at radius 1 is 1.17 bits per heavy atom. The van der Waals surface area contributed by atoms with E-state index in [1.165, 1.54) is 12.1 Å². The summed E-state index contributed by atoms with van der Waals surface area (Å²) in [5.41, 5.74) is 1.55. The quantitative estimate of drug-likeness (QED) is 0.790. The second kappa shape index (κ2) is 5.74. The fourth-order valence-corrected chi connectivity index (χ4v) is 3.49. The average molecular weight is 401 g/mol. The molecule has 2 aromatic carbocycles. The first-order chi connectivity index (χ1) is 11.1. The van der Waals surface area contributed by atoms with Crippen LogP contribution in [0.2, 0.25) is 0 Å². The maximum absolute atomic E-state index is 13.8. The van der Waals surface area contributed by atoms with Crippen molar-refractivity contribution in [1.82, 2.24) is 10.4 Å². The van der Waals surface area contributed by atoms with Gasteiger partial charge in [-0.05, 0) is 48.4 Å². The lowest BCUT2D eigenvalue weighted by Crippen LogP contribution is -2.51. The normalized spacial score (nSPS) is 19.5. The number of hydrazine groups is 1. The van der Waals surface area contributed by atoms with E-state index in [0.29, 0.717) is 5.39 Å². The van der Waals surface area contributed by atoms with Crippen molar-refractivity contribution >= 4 is 32.6 Å². The van der Waals surface area contributed by atoms with Crippen molar-refractivity contribution < 1.29 is 18.0 Å². The van der Waals surface area contributed by atoms with E-state index in [2.05, 4.69) is 21.4 Å². The van der Waals surface area contributed by atoms with Gasteiger partial charge in [-0.3, -0.25) is 10.2 Å². The molecular formula is C17H16BrF3N2O. The third kappa shape index (κ3) is 3.15. The van der Waals surface area contributed by atoms with Gasteiger partial charge in [0.25, 0.3) is 0 Å². The van der Waals surface area contributed by atoms with Crippen LogP contribution in [-0.4, -0.2) is 22.6 Å². The summed E-state index contributed by atoms with van der Waals surface area (Å²) in [6, 6.07) is 8.22. The summed E-state index contributed by atoms with van der Waals surface area (Å²) in [5.74, 6) is -0.405. The van der Waals surface area contributed by atoms with Crippen molar-refractivity contribution in [2.24, 2.45) is 0 Å². The minimum absolute atomic E-state index is 0.0265. The molecule has 0 aromatic heterocycles. The number of amides is 1. The Hall–Kier alpha value is -1.60. The van der Waals surface area contributed by atoms with Gasteiger partial charge in [-0.25, -0.2) is 0 Å². The first-order valence-corrected chi connectivity index (χ1v) is 8.22. The molecule has 1 aliphatic rings. The Morgan fingerprint density at radius 2 is 1.83 bits per heavy atom. The van der Waals surface area contributed by atoms with Crippen LogP contribution >= 0.6 is 15.9 Å². The van der Waals surface area contributed by atoms with Gasteiger partial charge in [0.05, 0.1) is 0 Å². The Bertz CT molecular complexity index is 804. The molecule has 1 saturated heterocycles. The van der Waals surface area contributed by atoms with Crippen LogP contribution in [0.4, 0.5) is 13.2 Å². The van der Waals surface area contributed by atoms with E-state index in [0.717, 1.165) is 14.9 Å². The molecule has 0 saturated carbocycles. The molecule has 1 atom stereocenters. The highest BCUT2D eigenvalue weighted by atomic mass is 79.9. The molecule has 7 heteroatoms. The zero-order chi connectivity index (χ0) is 17.7. The number of rotatable bonds is 2. The molecule has 24 heavy (non-hydrogen) atoms. The lowest BCUT2D eigenvalue weighted by Gasteiger charge is -2.38. The number of halogens is 4. The molecule has 3 rings (SSSR count). The molecule has 1 N–H and O–H groups in total. The first-order valence-electron chi connectivity index (χ1n) is 7.43. The maximum atomic E-state index is 13.8. The van der Waals surface area contributed by atoms with Crippen molar-refractivity contribution in [3.05, 3.63) is 46.4 Å². The summed E-state index contributed by atoms with van der Waals surface area (Å²) in [6.45, 7) is 3.25. The molecule has 0 aliphatic carbocycles. The van der Waals surface area contributed by atoms with Crippen LogP contribution in [0.3, 0.4) is 0 Å². The summed E-state index contributed by atoms with van der Waals surface area (Å²) in [4.78, 5) is 11.7. The van der Waals surface area contributed by atoms with Gasteiger partial charge in [0.2, 0.25) is 5.91 Å². The summed E-state index contributed by atoms with van der Waals surface area (Å²) in [6.07, 6.45) is -4.49. The average Bonchev–Trinajstić information content (AvgIpc) is 2.70. The van der Waals surface area contributed by atoms with Crippen molar-refractivity contribution in [2.75, 3.05) is 0 Å². The van der Waals surface area contributed by atoms with Crippen molar-refractivity contribution in [2.45, 2.75) is 38.0 Å². The zero-order valence-corrected chi connectivity index (χ0v) is 14.7. The van der Waals surface area contributed by atoms with Gasteiger partial charge < -0.3 is 0 Å². The van der Waals surface area contributed by atoms with Crippen LogP contribution in [0.15, 0.2) is 40.9 Å². The SMILES string of the molecule is CC1(C)CC(=O)NN1[C@@H](c1ccc2ccc(Br)cc2c1)C(F)(F)F. The minimum Gasteiger partial charge on any atom is -0.287 e. The Kier molecular flexibility index (Phi) is 4.12. The predicted octanol–water partition coefficient (Wildman–Crippen LogP) is 4.72. The number of nitrogens with one attached hydrogen (secondary N) is 1. The number of fused-ring (bicyclic) bond motifs is 1. The molecule has 3 nitrogen and oxygen atoms in total. The third-order valence-electron chi connectivity index (χ3n) is 4.20. The van der Waals surface area contributed by atoms with Crippen molar-refractivity contribution in [3.63, 3.8) is 0 Å². The highest BCUT2D eigenvalue weighted by Gasteiger charge is 2.52. The predicted molar refractivity (Wildman–Crippen MR) is 89.1 cm³/mol.